The van der Waals surface area contributed by atoms with E-state index in [1.807, 2.05) is 0 Å². The maximum absolute atomic E-state index is 12.3. The monoisotopic (exact) mass is 291 g/mol. The molecule has 112 valence electrons. The topological polar surface area (TPSA) is 76.1 Å². The lowest BCUT2D eigenvalue weighted by Gasteiger charge is -2.23. The highest BCUT2D eigenvalue weighted by atomic mass is 16.5. The van der Waals surface area contributed by atoms with Crippen LogP contribution in [-0.4, -0.2) is 48.7 Å². The molecule has 0 aliphatic carbocycles. The van der Waals surface area contributed by atoms with Crippen molar-refractivity contribution in [2.45, 2.75) is 6.92 Å². The first-order chi connectivity index (χ1) is 10.0. The number of hydrogen-bond acceptors (Lipinski definition) is 4. The van der Waals surface area contributed by atoms with E-state index in [4.69, 9.17) is 14.6 Å². The zero-order valence-corrected chi connectivity index (χ0v) is 12.0. The fraction of sp³-hybridized carbons (Fsp3) is 0.333. The molecule has 1 aromatic rings. The minimum atomic E-state index is -1.04. The molecule has 1 aliphatic rings. The van der Waals surface area contributed by atoms with Gasteiger partial charge >= 0.3 is 5.97 Å². The molecule has 21 heavy (non-hydrogen) atoms. The average Bonchev–Trinajstić information content (AvgIpc) is 2.50. The lowest BCUT2D eigenvalue weighted by Crippen LogP contribution is -2.37. The largest absolute Gasteiger partial charge is 0.497 e. The van der Waals surface area contributed by atoms with Crippen LogP contribution >= 0.6 is 0 Å². The highest BCUT2D eigenvalue weighted by Gasteiger charge is 2.23. The number of amides is 1. The Morgan fingerprint density at radius 1 is 1.43 bits per heavy atom. The van der Waals surface area contributed by atoms with Crippen LogP contribution in [0.4, 0.5) is 0 Å². The van der Waals surface area contributed by atoms with Crippen molar-refractivity contribution >= 4 is 18.0 Å². The number of nitrogens with zero attached hydrogens (tertiary/aromatic N) is 1. The number of fused-ring (bicyclic) bond motifs is 1. The quantitative estimate of drug-likeness (QED) is 0.887. The lowest BCUT2D eigenvalue weighted by atomic mass is 10.1. The summed E-state index contributed by atoms with van der Waals surface area (Å²) in [7, 11) is 1.56. The number of carbonyl (C=O) groups is 2. The first-order valence-electron chi connectivity index (χ1n) is 6.57. The molecule has 0 saturated heterocycles. The van der Waals surface area contributed by atoms with E-state index < -0.39 is 5.97 Å². The first-order valence-corrected chi connectivity index (χ1v) is 6.57. The highest BCUT2D eigenvalue weighted by molar-refractivity contribution is 6.00. The summed E-state index contributed by atoms with van der Waals surface area (Å²) in [5, 5.41) is 8.83. The molecule has 2 rings (SSSR count). The van der Waals surface area contributed by atoms with Gasteiger partial charge in [-0.1, -0.05) is 0 Å². The predicted molar refractivity (Wildman–Crippen MR) is 76.4 cm³/mol. The Morgan fingerprint density at radius 2 is 2.19 bits per heavy atom. The van der Waals surface area contributed by atoms with Gasteiger partial charge in [0, 0.05) is 12.1 Å². The van der Waals surface area contributed by atoms with Gasteiger partial charge in [-0.15, -0.1) is 0 Å². The molecule has 0 bridgehead atoms. The number of carboxylic acid groups (broad SMARTS) is 1. The molecule has 0 fully saturated rings. The summed E-state index contributed by atoms with van der Waals surface area (Å²) < 4.78 is 10.7. The van der Waals surface area contributed by atoms with E-state index in [9.17, 15) is 9.59 Å². The minimum Gasteiger partial charge on any atom is -0.497 e. The zero-order valence-electron chi connectivity index (χ0n) is 12.0. The zero-order chi connectivity index (χ0) is 15.4. The molecular weight excluding hydrogens is 274 g/mol. The number of aliphatic carboxylic acids is 1. The lowest BCUT2D eigenvalue weighted by molar-refractivity contribution is -0.143. The van der Waals surface area contributed by atoms with E-state index in [0.717, 1.165) is 5.56 Å². The molecule has 1 aliphatic heterocycles. The Kier molecular flexibility index (Phi) is 4.47. The maximum Gasteiger partial charge on any atom is 0.323 e. The second-order valence-electron chi connectivity index (χ2n) is 4.58. The molecule has 0 aromatic heterocycles. The number of likely N-dealkylation sites (N-methyl/N-ethyl adjacent to an activating group) is 1. The van der Waals surface area contributed by atoms with Crippen molar-refractivity contribution in [3.63, 3.8) is 0 Å². The maximum atomic E-state index is 12.3. The smallest absolute Gasteiger partial charge is 0.323 e. The molecule has 0 unspecified atom stereocenters. The van der Waals surface area contributed by atoms with Crippen molar-refractivity contribution in [3.05, 3.63) is 29.3 Å². The first kappa shape index (κ1) is 14.9. The van der Waals surface area contributed by atoms with Gasteiger partial charge < -0.3 is 19.5 Å². The summed E-state index contributed by atoms with van der Waals surface area (Å²) in [5.41, 5.74) is 1.18. The number of benzene rings is 1. The Hall–Kier alpha value is -2.50. The summed E-state index contributed by atoms with van der Waals surface area (Å²) in [6.07, 6.45) is 1.72. The van der Waals surface area contributed by atoms with Crippen LogP contribution in [0.3, 0.4) is 0 Å². The standard InChI is InChI=1S/C15H17NO5/c1-3-16(8-14(17)18)15(19)11-6-10-7-12(20-2)4-5-13(10)21-9-11/h4-7H,3,8-9H2,1-2H3,(H,17,18). The third kappa shape index (κ3) is 3.34. The number of carboxylic acids is 1. The predicted octanol–water partition coefficient (Wildman–Crippen LogP) is 1.40. The van der Waals surface area contributed by atoms with Gasteiger partial charge in [-0.05, 0) is 31.2 Å². The van der Waals surface area contributed by atoms with E-state index in [1.54, 1.807) is 38.3 Å². The number of ether oxygens (including phenoxy) is 2. The Morgan fingerprint density at radius 3 is 2.81 bits per heavy atom. The van der Waals surface area contributed by atoms with Crippen LogP contribution in [0.2, 0.25) is 0 Å². The Balaban J connectivity index is 2.25. The van der Waals surface area contributed by atoms with Gasteiger partial charge in [-0.3, -0.25) is 9.59 Å². The number of carbonyl (C=O) groups excluding carboxylic acids is 1. The van der Waals surface area contributed by atoms with Crippen molar-refractivity contribution in [1.82, 2.24) is 4.90 Å². The van der Waals surface area contributed by atoms with Crippen LogP contribution in [0.15, 0.2) is 23.8 Å². The molecule has 1 aromatic carbocycles. The van der Waals surface area contributed by atoms with Crippen LogP contribution in [0.1, 0.15) is 12.5 Å². The van der Waals surface area contributed by atoms with E-state index >= 15 is 0 Å². The van der Waals surface area contributed by atoms with Crippen molar-refractivity contribution in [3.8, 4) is 11.5 Å². The van der Waals surface area contributed by atoms with Crippen molar-refractivity contribution < 1.29 is 24.2 Å². The molecule has 1 amide bonds. The van der Waals surface area contributed by atoms with E-state index in [0.29, 0.717) is 23.6 Å². The van der Waals surface area contributed by atoms with E-state index in [1.165, 1.54) is 4.90 Å². The average molecular weight is 291 g/mol. The number of rotatable bonds is 5. The second kappa shape index (κ2) is 6.30. The SMILES string of the molecule is CCN(CC(=O)O)C(=O)C1=Cc2cc(OC)ccc2OC1. The molecule has 0 atom stereocenters. The van der Waals surface area contributed by atoms with Gasteiger partial charge in [-0.25, -0.2) is 0 Å². The highest BCUT2D eigenvalue weighted by Crippen LogP contribution is 2.30. The summed E-state index contributed by atoms with van der Waals surface area (Å²) in [5.74, 6) is -0.0215. The molecule has 0 spiro atoms. The van der Waals surface area contributed by atoms with Crippen LogP contribution in [-0.2, 0) is 9.59 Å². The minimum absolute atomic E-state index is 0.133. The van der Waals surface area contributed by atoms with E-state index in [2.05, 4.69) is 0 Å². The van der Waals surface area contributed by atoms with Gasteiger partial charge in [0.25, 0.3) is 5.91 Å². The molecule has 1 N–H and O–H groups in total. The summed E-state index contributed by atoms with van der Waals surface area (Å²) in [4.78, 5) is 24.4. The summed E-state index contributed by atoms with van der Waals surface area (Å²) >= 11 is 0. The van der Waals surface area contributed by atoms with Gasteiger partial charge in [0.1, 0.15) is 24.7 Å². The fourth-order valence-corrected chi connectivity index (χ4v) is 2.10. The van der Waals surface area contributed by atoms with Crippen molar-refractivity contribution in [2.75, 3.05) is 26.8 Å². The Bertz CT molecular complexity index is 594. The van der Waals surface area contributed by atoms with Gasteiger partial charge in [0.15, 0.2) is 0 Å². The van der Waals surface area contributed by atoms with Crippen LogP contribution in [0.25, 0.3) is 6.08 Å². The van der Waals surface area contributed by atoms with Gasteiger partial charge in [-0.2, -0.15) is 0 Å². The van der Waals surface area contributed by atoms with Crippen molar-refractivity contribution in [1.29, 1.82) is 0 Å². The number of hydrogen-bond donors (Lipinski definition) is 1. The molecule has 1 heterocycles. The second-order valence-corrected chi connectivity index (χ2v) is 4.58. The molecule has 0 saturated carbocycles. The van der Waals surface area contributed by atoms with Crippen LogP contribution < -0.4 is 9.47 Å². The van der Waals surface area contributed by atoms with Gasteiger partial charge in [0.2, 0.25) is 0 Å². The van der Waals surface area contributed by atoms with Crippen LogP contribution in [0, 0.1) is 0 Å². The fourth-order valence-electron chi connectivity index (χ4n) is 2.10. The molecule has 6 heteroatoms. The molecule has 0 radical (unpaired) electrons. The van der Waals surface area contributed by atoms with Gasteiger partial charge in [0.05, 0.1) is 12.7 Å². The van der Waals surface area contributed by atoms with Crippen molar-refractivity contribution in [2.24, 2.45) is 0 Å². The van der Waals surface area contributed by atoms with Crippen LogP contribution in [0.5, 0.6) is 11.5 Å². The Labute approximate surface area is 122 Å². The summed E-state index contributed by atoms with van der Waals surface area (Å²) in [6, 6.07) is 5.33. The third-order valence-electron chi connectivity index (χ3n) is 3.20. The van der Waals surface area contributed by atoms with E-state index in [-0.39, 0.29) is 19.1 Å². The molecule has 6 nitrogen and oxygen atoms in total. The number of methoxy groups -OCH3 is 1. The molecular formula is C15H17NO5. The third-order valence-corrected chi connectivity index (χ3v) is 3.20. The normalized spacial score (nSPS) is 12.8. The summed E-state index contributed by atoms with van der Waals surface area (Å²) in [6.45, 7) is 1.88.